The van der Waals surface area contributed by atoms with Crippen LogP contribution < -0.4 is 10.1 Å². The molecule has 10 heteroatoms. The SMILES string of the molecule is COC(=O)COCC(C)Nc1cc(Oc2ccc(C(F)(F)F)cc2Cl)ccc1C#N. The Kier molecular flexibility index (Phi) is 7.92. The van der Waals surface area contributed by atoms with E-state index in [-0.39, 0.29) is 35.8 Å². The molecule has 0 saturated carbocycles. The lowest BCUT2D eigenvalue weighted by atomic mass is 10.1. The third kappa shape index (κ3) is 6.54. The maximum absolute atomic E-state index is 12.8. The van der Waals surface area contributed by atoms with Crippen LogP contribution in [0.3, 0.4) is 0 Å². The van der Waals surface area contributed by atoms with Gasteiger partial charge in [0.2, 0.25) is 0 Å². The first-order chi connectivity index (χ1) is 14.1. The molecule has 0 amide bonds. The predicted octanol–water partition coefficient (Wildman–Crippen LogP) is 5.01. The van der Waals surface area contributed by atoms with Crippen molar-refractivity contribution in [2.45, 2.75) is 19.1 Å². The quantitative estimate of drug-likeness (QED) is 0.579. The minimum atomic E-state index is -4.51. The monoisotopic (exact) mass is 442 g/mol. The average Bonchev–Trinajstić information content (AvgIpc) is 2.68. The van der Waals surface area contributed by atoms with Gasteiger partial charge in [0, 0.05) is 12.1 Å². The number of anilines is 1. The van der Waals surface area contributed by atoms with Gasteiger partial charge in [0.05, 0.1) is 35.6 Å². The summed E-state index contributed by atoms with van der Waals surface area (Å²) in [4.78, 5) is 11.1. The smallest absolute Gasteiger partial charge is 0.416 e. The average molecular weight is 443 g/mol. The molecule has 160 valence electrons. The highest BCUT2D eigenvalue weighted by Gasteiger charge is 2.31. The molecule has 0 saturated heterocycles. The number of ether oxygens (including phenoxy) is 3. The van der Waals surface area contributed by atoms with Crippen LogP contribution in [-0.2, 0) is 20.4 Å². The van der Waals surface area contributed by atoms with E-state index in [9.17, 15) is 23.2 Å². The fourth-order valence-electron chi connectivity index (χ4n) is 2.38. The number of nitrogens with one attached hydrogen (secondary N) is 1. The summed E-state index contributed by atoms with van der Waals surface area (Å²) in [7, 11) is 1.25. The fraction of sp³-hybridized carbons (Fsp3) is 0.300. The number of benzene rings is 2. The summed E-state index contributed by atoms with van der Waals surface area (Å²) in [6.07, 6.45) is -4.51. The van der Waals surface area contributed by atoms with Crippen molar-refractivity contribution in [3.63, 3.8) is 0 Å². The van der Waals surface area contributed by atoms with E-state index in [0.29, 0.717) is 11.3 Å². The van der Waals surface area contributed by atoms with Crippen LogP contribution >= 0.6 is 11.6 Å². The van der Waals surface area contributed by atoms with Crippen molar-refractivity contribution in [1.29, 1.82) is 5.26 Å². The van der Waals surface area contributed by atoms with E-state index in [1.165, 1.54) is 25.3 Å². The highest BCUT2D eigenvalue weighted by atomic mass is 35.5. The molecule has 1 atom stereocenters. The topological polar surface area (TPSA) is 80.6 Å². The number of hydrogen-bond acceptors (Lipinski definition) is 6. The third-order valence-corrected chi connectivity index (χ3v) is 4.11. The predicted molar refractivity (Wildman–Crippen MR) is 104 cm³/mol. The van der Waals surface area contributed by atoms with Gasteiger partial charge in [-0.25, -0.2) is 4.79 Å². The lowest BCUT2D eigenvalue weighted by molar-refractivity contribution is -0.146. The summed E-state index contributed by atoms with van der Waals surface area (Å²) < 4.78 is 53.6. The van der Waals surface area contributed by atoms with Crippen LogP contribution in [0.15, 0.2) is 36.4 Å². The normalized spacial score (nSPS) is 12.0. The number of halogens is 4. The van der Waals surface area contributed by atoms with Gasteiger partial charge in [-0.3, -0.25) is 0 Å². The second-order valence-corrected chi connectivity index (χ2v) is 6.61. The zero-order chi connectivity index (χ0) is 22.3. The van der Waals surface area contributed by atoms with E-state index in [1.54, 1.807) is 6.92 Å². The summed E-state index contributed by atoms with van der Waals surface area (Å²) in [5.74, 6) is -0.209. The van der Waals surface area contributed by atoms with E-state index in [1.807, 2.05) is 6.07 Å². The fourth-order valence-corrected chi connectivity index (χ4v) is 2.59. The Balaban J connectivity index is 2.12. The molecular formula is C20H18ClF3N2O4. The molecule has 0 fully saturated rings. The first-order valence-corrected chi connectivity index (χ1v) is 9.01. The summed E-state index contributed by atoms with van der Waals surface area (Å²) in [5, 5.41) is 12.2. The first-order valence-electron chi connectivity index (χ1n) is 8.64. The molecule has 2 aromatic carbocycles. The minimum Gasteiger partial charge on any atom is -0.467 e. The zero-order valence-corrected chi connectivity index (χ0v) is 16.8. The van der Waals surface area contributed by atoms with Gasteiger partial charge in [-0.2, -0.15) is 18.4 Å². The maximum atomic E-state index is 12.8. The van der Waals surface area contributed by atoms with Gasteiger partial charge in [0.25, 0.3) is 0 Å². The Morgan fingerprint density at radius 2 is 2.00 bits per heavy atom. The van der Waals surface area contributed by atoms with Crippen molar-refractivity contribution >= 4 is 23.3 Å². The number of alkyl halides is 3. The molecule has 0 aliphatic heterocycles. The Morgan fingerprint density at radius 3 is 2.60 bits per heavy atom. The number of rotatable bonds is 8. The Bertz CT molecular complexity index is 945. The van der Waals surface area contributed by atoms with Crippen molar-refractivity contribution in [2.24, 2.45) is 0 Å². The number of esters is 1. The molecule has 1 N–H and O–H groups in total. The van der Waals surface area contributed by atoms with Crippen molar-refractivity contribution in [1.82, 2.24) is 0 Å². The molecule has 0 heterocycles. The number of carbonyl (C=O) groups excluding carboxylic acids is 1. The van der Waals surface area contributed by atoms with Gasteiger partial charge in [0.1, 0.15) is 24.2 Å². The Hall–Kier alpha value is -2.96. The summed E-state index contributed by atoms with van der Waals surface area (Å²) in [6, 6.07) is 9.04. The molecular weight excluding hydrogens is 425 g/mol. The van der Waals surface area contributed by atoms with Crippen molar-refractivity contribution in [2.75, 3.05) is 25.6 Å². The van der Waals surface area contributed by atoms with Crippen LogP contribution in [0.4, 0.5) is 18.9 Å². The molecule has 0 aliphatic rings. The van der Waals surface area contributed by atoms with E-state index in [4.69, 9.17) is 21.1 Å². The summed E-state index contributed by atoms with van der Waals surface area (Å²) in [6.45, 7) is 1.73. The van der Waals surface area contributed by atoms with Crippen LogP contribution in [-0.4, -0.2) is 32.3 Å². The van der Waals surface area contributed by atoms with Gasteiger partial charge < -0.3 is 19.5 Å². The largest absolute Gasteiger partial charge is 0.467 e. The van der Waals surface area contributed by atoms with Crippen LogP contribution in [0.2, 0.25) is 5.02 Å². The number of nitrogens with zero attached hydrogens (tertiary/aromatic N) is 1. The van der Waals surface area contributed by atoms with Crippen molar-refractivity contribution < 1.29 is 32.2 Å². The molecule has 0 radical (unpaired) electrons. The second-order valence-electron chi connectivity index (χ2n) is 6.20. The third-order valence-electron chi connectivity index (χ3n) is 3.82. The van der Waals surface area contributed by atoms with Crippen LogP contribution in [0.1, 0.15) is 18.1 Å². The van der Waals surface area contributed by atoms with Gasteiger partial charge in [-0.1, -0.05) is 11.6 Å². The zero-order valence-electron chi connectivity index (χ0n) is 16.0. The molecule has 2 rings (SSSR count). The molecule has 0 bridgehead atoms. The van der Waals surface area contributed by atoms with Gasteiger partial charge in [-0.05, 0) is 37.3 Å². The molecule has 1 unspecified atom stereocenters. The molecule has 30 heavy (non-hydrogen) atoms. The number of hydrogen-bond donors (Lipinski definition) is 1. The number of nitriles is 1. The lowest BCUT2D eigenvalue weighted by Crippen LogP contribution is -2.24. The van der Waals surface area contributed by atoms with Crippen LogP contribution in [0, 0.1) is 11.3 Å². The van der Waals surface area contributed by atoms with Crippen molar-refractivity contribution in [3.8, 4) is 17.6 Å². The van der Waals surface area contributed by atoms with Gasteiger partial charge in [0.15, 0.2) is 0 Å². The molecule has 2 aromatic rings. The number of carbonyl (C=O) groups is 1. The first kappa shape index (κ1) is 23.3. The molecule has 0 aromatic heterocycles. The second kappa shape index (κ2) is 10.2. The summed E-state index contributed by atoms with van der Waals surface area (Å²) >= 11 is 5.92. The van der Waals surface area contributed by atoms with E-state index < -0.39 is 17.7 Å². The van der Waals surface area contributed by atoms with Crippen molar-refractivity contribution in [3.05, 3.63) is 52.5 Å². The maximum Gasteiger partial charge on any atom is 0.416 e. The Morgan fingerprint density at radius 1 is 1.27 bits per heavy atom. The summed E-state index contributed by atoms with van der Waals surface area (Å²) in [5.41, 5.74) is -0.143. The number of methoxy groups -OCH3 is 1. The van der Waals surface area contributed by atoms with Gasteiger partial charge >= 0.3 is 12.1 Å². The van der Waals surface area contributed by atoms with E-state index in [2.05, 4.69) is 10.1 Å². The van der Waals surface area contributed by atoms with Gasteiger partial charge in [-0.15, -0.1) is 0 Å². The minimum absolute atomic E-state index is 0.0368. The standard InChI is InChI=1S/C20H18ClF3N2O4/c1-12(10-29-11-19(27)28-2)26-17-8-15(5-3-13(17)9-25)30-18-6-4-14(7-16(18)21)20(22,23)24/h3-8,12,26H,10-11H2,1-2H3. The van der Waals surface area contributed by atoms with E-state index >= 15 is 0 Å². The van der Waals surface area contributed by atoms with E-state index in [0.717, 1.165) is 18.2 Å². The molecule has 0 aliphatic carbocycles. The molecule has 0 spiro atoms. The lowest BCUT2D eigenvalue weighted by Gasteiger charge is -2.17. The molecule has 6 nitrogen and oxygen atoms in total. The highest BCUT2D eigenvalue weighted by molar-refractivity contribution is 6.32. The van der Waals surface area contributed by atoms with Crippen LogP contribution in [0.25, 0.3) is 0 Å². The van der Waals surface area contributed by atoms with Crippen LogP contribution in [0.5, 0.6) is 11.5 Å². The highest BCUT2D eigenvalue weighted by Crippen LogP contribution is 2.37. The Labute approximate surface area is 176 Å².